The van der Waals surface area contributed by atoms with Gasteiger partial charge in [-0.1, -0.05) is 108 Å². The highest BCUT2D eigenvalue weighted by atomic mass is 15.2. The van der Waals surface area contributed by atoms with Gasteiger partial charge in [-0.2, -0.15) is 10.2 Å². The van der Waals surface area contributed by atoms with Crippen LogP contribution in [0.1, 0.15) is 52.7 Å². The second-order valence-corrected chi connectivity index (χ2v) is 11.3. The third-order valence-corrected chi connectivity index (χ3v) is 6.40. The molecule has 5 rings (SSSR count). The Morgan fingerprint density at radius 1 is 0.500 bits per heavy atom. The molecule has 0 aliphatic rings. The molecule has 36 heavy (non-hydrogen) atoms. The van der Waals surface area contributed by atoms with Crippen molar-refractivity contribution in [3.63, 3.8) is 0 Å². The summed E-state index contributed by atoms with van der Waals surface area (Å²) in [6.45, 7) is 13.3. The van der Waals surface area contributed by atoms with Crippen molar-refractivity contribution >= 4 is 0 Å². The first-order valence-corrected chi connectivity index (χ1v) is 12.3. The largest absolute Gasteiger partial charge is 0.259 e. The predicted molar refractivity (Wildman–Crippen MR) is 145 cm³/mol. The quantitative estimate of drug-likeness (QED) is 0.288. The molecular weight excluding hydrogens is 444 g/mol. The monoisotopic (exact) mass is 476 g/mol. The molecule has 0 fully saturated rings. The third kappa shape index (κ3) is 4.85. The van der Waals surface area contributed by atoms with Gasteiger partial charge in [0.25, 0.3) is 0 Å². The molecule has 0 saturated carbocycles. The molecule has 2 aromatic heterocycles. The highest BCUT2D eigenvalue weighted by molar-refractivity contribution is 5.69. The van der Waals surface area contributed by atoms with Crippen LogP contribution in [0, 0.1) is 0 Å². The maximum atomic E-state index is 4.75. The van der Waals surface area contributed by atoms with Crippen LogP contribution in [0.15, 0.2) is 72.8 Å². The van der Waals surface area contributed by atoms with Crippen LogP contribution in [0.3, 0.4) is 0 Å². The zero-order valence-corrected chi connectivity index (χ0v) is 21.7. The summed E-state index contributed by atoms with van der Waals surface area (Å²) in [5, 5.41) is 15.1. The molecule has 0 unspecified atom stereocenters. The number of aromatic nitrogens is 6. The Bertz CT molecular complexity index is 1370. The molecule has 2 heterocycles. The maximum Gasteiger partial charge on any atom is 0.181 e. The number of H-pyrrole nitrogens is 2. The van der Waals surface area contributed by atoms with Gasteiger partial charge in [-0.25, -0.2) is 9.97 Å². The van der Waals surface area contributed by atoms with E-state index in [-0.39, 0.29) is 10.8 Å². The molecule has 0 aliphatic carbocycles. The fourth-order valence-corrected chi connectivity index (χ4v) is 4.09. The fourth-order valence-electron chi connectivity index (χ4n) is 4.09. The van der Waals surface area contributed by atoms with E-state index in [1.807, 2.05) is 24.3 Å². The molecule has 0 atom stereocenters. The van der Waals surface area contributed by atoms with Crippen molar-refractivity contribution in [3.8, 4) is 45.6 Å². The lowest BCUT2D eigenvalue weighted by Crippen LogP contribution is -2.10. The lowest BCUT2D eigenvalue weighted by molar-refractivity contribution is 0.590. The number of hydrogen-bond donors (Lipinski definition) is 2. The number of hydrogen-bond acceptors (Lipinski definition) is 4. The van der Waals surface area contributed by atoms with Crippen LogP contribution < -0.4 is 0 Å². The van der Waals surface area contributed by atoms with Crippen molar-refractivity contribution in [1.29, 1.82) is 0 Å². The van der Waals surface area contributed by atoms with E-state index in [2.05, 4.69) is 110 Å². The Labute approximate surface area is 212 Å². The van der Waals surface area contributed by atoms with Gasteiger partial charge in [0.2, 0.25) is 0 Å². The number of nitrogens with one attached hydrogen (secondary N) is 2. The molecule has 182 valence electrons. The number of nitrogens with zero attached hydrogens (tertiary/aromatic N) is 4. The van der Waals surface area contributed by atoms with E-state index in [1.54, 1.807) is 0 Å². The van der Waals surface area contributed by atoms with Crippen molar-refractivity contribution in [2.75, 3.05) is 0 Å². The molecule has 0 aliphatic heterocycles. The molecule has 0 amide bonds. The summed E-state index contributed by atoms with van der Waals surface area (Å²) in [7, 11) is 0. The van der Waals surface area contributed by atoms with Crippen LogP contribution in [0.25, 0.3) is 45.6 Å². The molecule has 0 spiro atoms. The first-order valence-electron chi connectivity index (χ1n) is 12.3. The lowest BCUT2D eigenvalue weighted by Gasteiger charge is -2.18. The van der Waals surface area contributed by atoms with E-state index >= 15 is 0 Å². The van der Waals surface area contributed by atoms with E-state index in [4.69, 9.17) is 9.97 Å². The molecule has 2 N–H and O–H groups in total. The van der Waals surface area contributed by atoms with E-state index < -0.39 is 0 Å². The maximum absolute atomic E-state index is 4.75. The second kappa shape index (κ2) is 8.86. The summed E-state index contributed by atoms with van der Waals surface area (Å²) >= 11 is 0. The summed E-state index contributed by atoms with van der Waals surface area (Å²) in [6.07, 6.45) is 0. The SMILES string of the molecule is CC(C)(C)c1ccc(-c2n[nH]c(-c3cccc(-c4nc(-c5ccc(C(C)(C)C)cc5)n[nH]4)c3)n2)cc1. The number of rotatable bonds is 4. The minimum atomic E-state index is 0.111. The average molecular weight is 477 g/mol. The van der Waals surface area contributed by atoms with Gasteiger partial charge in [0.05, 0.1) is 0 Å². The second-order valence-electron chi connectivity index (χ2n) is 11.3. The van der Waals surface area contributed by atoms with E-state index in [0.29, 0.717) is 23.3 Å². The van der Waals surface area contributed by atoms with Crippen molar-refractivity contribution < 1.29 is 0 Å². The van der Waals surface area contributed by atoms with Gasteiger partial charge in [0.1, 0.15) is 0 Å². The summed E-state index contributed by atoms with van der Waals surface area (Å²) in [5.74, 6) is 2.78. The van der Waals surface area contributed by atoms with Gasteiger partial charge in [-0.05, 0) is 28.0 Å². The van der Waals surface area contributed by atoms with E-state index in [9.17, 15) is 0 Å². The van der Waals surface area contributed by atoms with E-state index in [0.717, 1.165) is 22.3 Å². The van der Waals surface area contributed by atoms with Crippen molar-refractivity contribution in [2.45, 2.75) is 52.4 Å². The van der Waals surface area contributed by atoms with Gasteiger partial charge >= 0.3 is 0 Å². The molecule has 6 nitrogen and oxygen atoms in total. The lowest BCUT2D eigenvalue weighted by atomic mass is 9.87. The third-order valence-electron chi connectivity index (χ3n) is 6.40. The minimum absolute atomic E-state index is 0.111. The van der Waals surface area contributed by atoms with Crippen LogP contribution in [-0.2, 0) is 10.8 Å². The highest BCUT2D eigenvalue weighted by Gasteiger charge is 2.16. The molecule has 6 heteroatoms. The number of aromatic amines is 2. The fraction of sp³-hybridized carbons (Fsp3) is 0.267. The summed E-state index contributed by atoms with van der Waals surface area (Å²) in [6, 6.07) is 24.9. The van der Waals surface area contributed by atoms with Crippen molar-refractivity contribution in [1.82, 2.24) is 30.4 Å². The standard InChI is InChI=1S/C30H32N6/c1-29(2,3)23-14-10-19(11-15-23)25-31-27(35-33-25)21-8-7-9-22(18-21)28-32-26(34-36-28)20-12-16-24(17-13-20)30(4,5)6/h7-18H,1-6H3,(H,31,33,35)(H,32,34,36). The molecule has 5 aromatic rings. The number of benzene rings is 3. The first-order chi connectivity index (χ1) is 17.1. The Kier molecular flexibility index (Phi) is 5.83. The van der Waals surface area contributed by atoms with Gasteiger partial charge < -0.3 is 0 Å². The van der Waals surface area contributed by atoms with Crippen LogP contribution >= 0.6 is 0 Å². The Morgan fingerprint density at radius 2 is 0.889 bits per heavy atom. The first kappa shape index (κ1) is 23.7. The smallest absolute Gasteiger partial charge is 0.181 e. The molecule has 0 bridgehead atoms. The normalized spacial score (nSPS) is 12.2. The van der Waals surface area contributed by atoms with Crippen LogP contribution in [0.5, 0.6) is 0 Å². The molecule has 0 radical (unpaired) electrons. The molecule has 3 aromatic carbocycles. The van der Waals surface area contributed by atoms with Gasteiger partial charge in [0.15, 0.2) is 23.3 Å². The zero-order valence-electron chi connectivity index (χ0n) is 21.7. The van der Waals surface area contributed by atoms with Gasteiger partial charge in [-0.3, -0.25) is 10.2 Å². The Balaban J connectivity index is 1.38. The summed E-state index contributed by atoms with van der Waals surface area (Å²) in [5.41, 5.74) is 6.63. The van der Waals surface area contributed by atoms with Crippen LogP contribution in [0.4, 0.5) is 0 Å². The van der Waals surface area contributed by atoms with Gasteiger partial charge in [-0.15, -0.1) is 0 Å². The van der Waals surface area contributed by atoms with Crippen LogP contribution in [-0.4, -0.2) is 30.4 Å². The predicted octanol–water partition coefficient (Wildman–Crippen LogP) is 7.19. The Hall–Kier alpha value is -4.06. The average Bonchev–Trinajstić information content (AvgIpc) is 3.54. The van der Waals surface area contributed by atoms with E-state index in [1.165, 1.54) is 11.1 Å². The minimum Gasteiger partial charge on any atom is -0.259 e. The molecule has 0 saturated heterocycles. The van der Waals surface area contributed by atoms with Gasteiger partial charge in [0, 0.05) is 22.3 Å². The van der Waals surface area contributed by atoms with Crippen molar-refractivity contribution in [2.24, 2.45) is 0 Å². The summed E-state index contributed by atoms with van der Waals surface area (Å²) in [4.78, 5) is 9.49. The zero-order chi connectivity index (χ0) is 25.5. The Morgan fingerprint density at radius 3 is 1.25 bits per heavy atom. The van der Waals surface area contributed by atoms with Crippen molar-refractivity contribution in [3.05, 3.63) is 83.9 Å². The molecular formula is C30H32N6. The topological polar surface area (TPSA) is 83.1 Å². The highest BCUT2D eigenvalue weighted by Crippen LogP contribution is 2.28. The van der Waals surface area contributed by atoms with Crippen LogP contribution in [0.2, 0.25) is 0 Å². The summed E-state index contributed by atoms with van der Waals surface area (Å²) < 4.78 is 0.